The number of nitrogens with two attached hydrogens (primary N) is 1. The third kappa shape index (κ3) is 4.27. The molecule has 0 heterocycles. The highest BCUT2D eigenvalue weighted by atomic mass is 16.4. The second kappa shape index (κ2) is 6.05. The van der Waals surface area contributed by atoms with Gasteiger partial charge in [-0.25, -0.2) is 9.59 Å². The average Bonchev–Trinajstić information content (AvgIpc) is 2.37. The van der Waals surface area contributed by atoms with E-state index in [1.165, 1.54) is 24.3 Å². The first-order valence-corrected chi connectivity index (χ1v) is 5.90. The van der Waals surface area contributed by atoms with E-state index in [4.69, 9.17) is 10.8 Å². The second-order valence-corrected chi connectivity index (χ2v) is 4.94. The van der Waals surface area contributed by atoms with Crippen molar-refractivity contribution in [1.29, 1.82) is 0 Å². The average molecular weight is 279 g/mol. The number of anilines is 1. The molecule has 1 aromatic carbocycles. The lowest BCUT2D eigenvalue weighted by Crippen LogP contribution is -2.43. The van der Waals surface area contributed by atoms with Crippen molar-refractivity contribution < 1.29 is 19.5 Å². The van der Waals surface area contributed by atoms with Crippen molar-refractivity contribution >= 4 is 23.6 Å². The summed E-state index contributed by atoms with van der Waals surface area (Å²) in [5, 5.41) is 13.8. The highest BCUT2D eigenvalue weighted by Crippen LogP contribution is 2.12. The fourth-order valence-electron chi connectivity index (χ4n) is 1.26. The maximum absolute atomic E-state index is 11.6. The summed E-state index contributed by atoms with van der Waals surface area (Å²) in [6.07, 6.45) is 0. The van der Waals surface area contributed by atoms with Crippen molar-refractivity contribution in [3.05, 3.63) is 29.8 Å². The van der Waals surface area contributed by atoms with Gasteiger partial charge in [-0.1, -0.05) is 0 Å². The zero-order chi connectivity index (χ0) is 15.3. The zero-order valence-electron chi connectivity index (χ0n) is 11.3. The lowest BCUT2D eigenvalue weighted by atomic mass is 9.93. The van der Waals surface area contributed by atoms with Gasteiger partial charge in [0, 0.05) is 12.2 Å². The number of urea groups is 1. The normalized spacial score (nSPS) is 10.7. The molecule has 0 aliphatic heterocycles. The van der Waals surface area contributed by atoms with E-state index in [1.807, 2.05) is 0 Å². The van der Waals surface area contributed by atoms with Gasteiger partial charge in [0.1, 0.15) is 0 Å². The molecule has 0 radical (unpaired) electrons. The largest absolute Gasteiger partial charge is 0.478 e. The Kier molecular flexibility index (Phi) is 4.68. The van der Waals surface area contributed by atoms with E-state index in [1.54, 1.807) is 13.8 Å². The molecule has 0 atom stereocenters. The van der Waals surface area contributed by atoms with Crippen LogP contribution in [0.25, 0.3) is 0 Å². The summed E-state index contributed by atoms with van der Waals surface area (Å²) in [5.41, 5.74) is 4.92. The first kappa shape index (κ1) is 15.5. The standard InChI is InChI=1S/C13H17N3O4/c1-13(2,11(14)19)7-15-12(20)16-9-5-3-8(4-6-9)10(17)18/h3-6H,7H2,1-2H3,(H2,14,19)(H,17,18)(H2,15,16,20). The fourth-order valence-corrected chi connectivity index (χ4v) is 1.26. The van der Waals surface area contributed by atoms with Gasteiger partial charge in [-0.2, -0.15) is 0 Å². The molecule has 0 fully saturated rings. The van der Waals surface area contributed by atoms with Crippen molar-refractivity contribution in [2.75, 3.05) is 11.9 Å². The number of hydrogen-bond donors (Lipinski definition) is 4. The van der Waals surface area contributed by atoms with Crippen molar-refractivity contribution in [2.24, 2.45) is 11.1 Å². The molecular weight excluding hydrogens is 262 g/mol. The Morgan fingerprint density at radius 2 is 1.75 bits per heavy atom. The monoisotopic (exact) mass is 279 g/mol. The summed E-state index contributed by atoms with van der Waals surface area (Å²) in [6, 6.07) is 5.21. The second-order valence-electron chi connectivity index (χ2n) is 4.94. The summed E-state index contributed by atoms with van der Waals surface area (Å²) in [4.78, 5) is 33.4. The molecule has 0 unspecified atom stereocenters. The smallest absolute Gasteiger partial charge is 0.335 e. The molecule has 0 aromatic heterocycles. The van der Waals surface area contributed by atoms with Crippen LogP contribution in [0.15, 0.2) is 24.3 Å². The van der Waals surface area contributed by atoms with E-state index in [0.717, 1.165) is 0 Å². The minimum atomic E-state index is -1.04. The molecule has 3 amide bonds. The number of carboxylic acids is 1. The molecule has 7 nitrogen and oxygen atoms in total. The Morgan fingerprint density at radius 1 is 1.20 bits per heavy atom. The molecule has 1 rings (SSSR count). The van der Waals surface area contributed by atoms with Gasteiger partial charge in [0.15, 0.2) is 0 Å². The predicted octanol–water partition coefficient (Wildman–Crippen LogP) is 1.02. The van der Waals surface area contributed by atoms with Gasteiger partial charge in [0.05, 0.1) is 11.0 Å². The number of benzene rings is 1. The van der Waals surface area contributed by atoms with E-state index in [0.29, 0.717) is 5.69 Å². The minimum absolute atomic E-state index is 0.0986. The maximum Gasteiger partial charge on any atom is 0.335 e. The van der Waals surface area contributed by atoms with E-state index in [-0.39, 0.29) is 12.1 Å². The van der Waals surface area contributed by atoms with Crippen LogP contribution in [0, 0.1) is 5.41 Å². The van der Waals surface area contributed by atoms with E-state index in [2.05, 4.69) is 10.6 Å². The highest BCUT2D eigenvalue weighted by molar-refractivity contribution is 5.92. The number of hydrogen-bond acceptors (Lipinski definition) is 3. The van der Waals surface area contributed by atoms with Crippen LogP contribution in [0.1, 0.15) is 24.2 Å². The van der Waals surface area contributed by atoms with E-state index >= 15 is 0 Å². The van der Waals surface area contributed by atoms with Gasteiger partial charge >= 0.3 is 12.0 Å². The Morgan fingerprint density at radius 3 is 2.20 bits per heavy atom. The SMILES string of the molecule is CC(C)(CNC(=O)Nc1ccc(C(=O)O)cc1)C(N)=O. The molecule has 1 aromatic rings. The van der Waals surface area contributed by atoms with Crippen LogP contribution in [0.5, 0.6) is 0 Å². The van der Waals surface area contributed by atoms with Crippen molar-refractivity contribution in [3.8, 4) is 0 Å². The lowest BCUT2D eigenvalue weighted by molar-refractivity contribution is -0.125. The molecule has 0 aliphatic carbocycles. The Hall–Kier alpha value is -2.57. The Labute approximate surface area is 116 Å². The van der Waals surface area contributed by atoms with E-state index in [9.17, 15) is 14.4 Å². The molecule has 0 saturated carbocycles. The Bertz CT molecular complexity index is 523. The summed E-state index contributed by atoms with van der Waals surface area (Å²) in [5.74, 6) is -1.55. The third-order valence-electron chi connectivity index (χ3n) is 2.75. The minimum Gasteiger partial charge on any atom is -0.478 e. The number of aromatic carboxylic acids is 1. The fraction of sp³-hybridized carbons (Fsp3) is 0.308. The first-order valence-electron chi connectivity index (χ1n) is 5.90. The van der Waals surface area contributed by atoms with Crippen LogP contribution < -0.4 is 16.4 Å². The first-order chi connectivity index (χ1) is 9.22. The quantitative estimate of drug-likeness (QED) is 0.642. The molecule has 7 heteroatoms. The predicted molar refractivity (Wildman–Crippen MR) is 73.4 cm³/mol. The lowest BCUT2D eigenvalue weighted by Gasteiger charge is -2.20. The van der Waals surface area contributed by atoms with Crippen LogP contribution in [0.2, 0.25) is 0 Å². The topological polar surface area (TPSA) is 122 Å². The number of carbonyl (C=O) groups is 3. The molecule has 20 heavy (non-hydrogen) atoms. The van der Waals surface area contributed by atoms with Gasteiger partial charge in [0.2, 0.25) is 5.91 Å². The van der Waals surface area contributed by atoms with Crippen LogP contribution in [0.4, 0.5) is 10.5 Å². The third-order valence-corrected chi connectivity index (χ3v) is 2.75. The van der Waals surface area contributed by atoms with Gasteiger partial charge in [0.25, 0.3) is 0 Å². The highest BCUT2D eigenvalue weighted by Gasteiger charge is 2.25. The summed E-state index contributed by atoms with van der Waals surface area (Å²) in [7, 11) is 0. The van der Waals surface area contributed by atoms with Gasteiger partial charge in [-0.05, 0) is 38.1 Å². The number of rotatable bonds is 5. The molecule has 5 N–H and O–H groups in total. The molecule has 0 bridgehead atoms. The Balaban J connectivity index is 2.54. The van der Waals surface area contributed by atoms with Crippen molar-refractivity contribution in [2.45, 2.75) is 13.8 Å². The van der Waals surface area contributed by atoms with Gasteiger partial charge in [-0.3, -0.25) is 4.79 Å². The van der Waals surface area contributed by atoms with Crippen molar-refractivity contribution in [3.63, 3.8) is 0 Å². The molecule has 0 saturated heterocycles. The molecular formula is C13H17N3O4. The number of carboxylic acid groups (broad SMARTS) is 1. The molecule has 0 aliphatic rings. The maximum atomic E-state index is 11.6. The summed E-state index contributed by atoms with van der Waals surface area (Å²) in [6.45, 7) is 3.34. The van der Waals surface area contributed by atoms with E-state index < -0.39 is 23.3 Å². The zero-order valence-corrected chi connectivity index (χ0v) is 11.3. The summed E-state index contributed by atoms with van der Waals surface area (Å²) < 4.78 is 0. The van der Waals surface area contributed by atoms with Gasteiger partial charge in [-0.15, -0.1) is 0 Å². The van der Waals surface area contributed by atoms with Crippen LogP contribution in [0.3, 0.4) is 0 Å². The summed E-state index contributed by atoms with van der Waals surface area (Å²) >= 11 is 0. The van der Waals surface area contributed by atoms with Crippen LogP contribution >= 0.6 is 0 Å². The molecule has 0 spiro atoms. The number of primary amides is 1. The molecule has 108 valence electrons. The van der Waals surface area contributed by atoms with Gasteiger partial charge < -0.3 is 21.5 Å². The van der Waals surface area contributed by atoms with Crippen molar-refractivity contribution in [1.82, 2.24) is 5.32 Å². The van der Waals surface area contributed by atoms with Crippen LogP contribution in [-0.4, -0.2) is 29.6 Å². The number of carbonyl (C=O) groups excluding carboxylic acids is 2. The number of nitrogens with one attached hydrogen (secondary N) is 2. The number of amides is 3. The van der Waals surface area contributed by atoms with Crippen LogP contribution in [-0.2, 0) is 4.79 Å².